The third-order valence-corrected chi connectivity index (χ3v) is 4.03. The Hall–Kier alpha value is -2.40. The Labute approximate surface area is 144 Å². The van der Waals surface area contributed by atoms with Crippen LogP contribution >= 0.6 is 0 Å². The molecule has 1 unspecified atom stereocenters. The summed E-state index contributed by atoms with van der Waals surface area (Å²) in [5.74, 6) is -3.37. The lowest BCUT2D eigenvalue weighted by molar-refractivity contribution is -0.145. The molecule has 25 heavy (non-hydrogen) atoms. The summed E-state index contributed by atoms with van der Waals surface area (Å²) in [5, 5.41) is 36.3. The molecule has 0 radical (unpaired) electrons. The lowest BCUT2D eigenvalue weighted by Crippen LogP contribution is -2.47. The minimum atomic E-state index is -1.19. The molecule has 142 valence electrons. The number of carbonyl (C=O) groups is 4. The van der Waals surface area contributed by atoms with E-state index in [0.717, 1.165) is 4.90 Å². The van der Waals surface area contributed by atoms with Gasteiger partial charge in [0.2, 0.25) is 0 Å². The van der Waals surface area contributed by atoms with Gasteiger partial charge in [-0.15, -0.1) is 0 Å². The van der Waals surface area contributed by atoms with Crippen LogP contribution in [-0.4, -0.2) is 111 Å². The van der Waals surface area contributed by atoms with Crippen LogP contribution in [0.3, 0.4) is 0 Å². The summed E-state index contributed by atoms with van der Waals surface area (Å²) >= 11 is 0. The standard InChI is InChI=1S/C14H23N3O8/c18-11(19)2-1-10(13(22)23)16-5-3-15(9-12(20)21)4-6-17(8-7-16)14(24)25/h10H,1-9H2,(H,18,19)(H,20,21)(H,22,23)(H,24,25). The Morgan fingerprint density at radius 2 is 1.36 bits per heavy atom. The summed E-state index contributed by atoms with van der Waals surface area (Å²) in [5.41, 5.74) is 0. The van der Waals surface area contributed by atoms with Gasteiger partial charge >= 0.3 is 24.0 Å². The number of aliphatic carboxylic acids is 3. The summed E-state index contributed by atoms with van der Waals surface area (Å²) in [6, 6.07) is -1.07. The molecule has 1 rings (SSSR count). The molecule has 11 heteroatoms. The van der Waals surface area contributed by atoms with E-state index in [1.165, 1.54) is 9.80 Å². The lowest BCUT2D eigenvalue weighted by Gasteiger charge is -2.30. The SMILES string of the molecule is O=C(O)CCC(C(=O)O)N1CCN(CC(=O)O)CCN(C(=O)O)CC1. The molecule has 0 spiro atoms. The number of carboxylic acid groups (broad SMARTS) is 4. The van der Waals surface area contributed by atoms with Crippen molar-refractivity contribution in [1.82, 2.24) is 14.7 Å². The van der Waals surface area contributed by atoms with Crippen LogP contribution in [0.5, 0.6) is 0 Å². The monoisotopic (exact) mass is 361 g/mol. The fourth-order valence-electron chi connectivity index (χ4n) is 2.69. The Balaban J connectivity index is 2.90. The zero-order valence-electron chi connectivity index (χ0n) is 13.7. The average molecular weight is 361 g/mol. The van der Waals surface area contributed by atoms with E-state index in [4.69, 9.17) is 10.2 Å². The van der Waals surface area contributed by atoms with E-state index in [2.05, 4.69) is 0 Å². The Morgan fingerprint density at radius 3 is 1.88 bits per heavy atom. The van der Waals surface area contributed by atoms with Crippen LogP contribution in [0.4, 0.5) is 4.79 Å². The maximum Gasteiger partial charge on any atom is 0.407 e. The highest BCUT2D eigenvalue weighted by molar-refractivity contribution is 5.75. The molecular weight excluding hydrogens is 338 g/mol. The second kappa shape index (κ2) is 9.79. The highest BCUT2D eigenvalue weighted by atomic mass is 16.4. The van der Waals surface area contributed by atoms with E-state index in [-0.39, 0.29) is 58.7 Å². The summed E-state index contributed by atoms with van der Waals surface area (Å²) < 4.78 is 0. The van der Waals surface area contributed by atoms with Crippen LogP contribution in [0.1, 0.15) is 12.8 Å². The maximum absolute atomic E-state index is 11.5. The topological polar surface area (TPSA) is 159 Å². The lowest BCUT2D eigenvalue weighted by atomic mass is 10.1. The second-order valence-corrected chi connectivity index (χ2v) is 5.76. The van der Waals surface area contributed by atoms with Crippen LogP contribution in [0.15, 0.2) is 0 Å². The van der Waals surface area contributed by atoms with E-state index in [9.17, 15) is 29.4 Å². The highest BCUT2D eigenvalue weighted by Gasteiger charge is 2.29. The van der Waals surface area contributed by atoms with Crippen molar-refractivity contribution in [2.24, 2.45) is 0 Å². The van der Waals surface area contributed by atoms with E-state index in [1.807, 2.05) is 0 Å². The van der Waals surface area contributed by atoms with E-state index >= 15 is 0 Å². The predicted octanol–water partition coefficient (Wildman–Crippen LogP) is -1.01. The first-order valence-electron chi connectivity index (χ1n) is 7.81. The Kier molecular flexibility index (Phi) is 8.08. The fourth-order valence-corrected chi connectivity index (χ4v) is 2.69. The van der Waals surface area contributed by atoms with Gasteiger partial charge in [-0.05, 0) is 6.42 Å². The minimum Gasteiger partial charge on any atom is -0.481 e. The number of rotatable bonds is 7. The number of hydrogen-bond acceptors (Lipinski definition) is 6. The van der Waals surface area contributed by atoms with Crippen LogP contribution in [-0.2, 0) is 14.4 Å². The van der Waals surface area contributed by atoms with Crippen molar-refractivity contribution in [3.05, 3.63) is 0 Å². The van der Waals surface area contributed by atoms with Gasteiger partial charge < -0.3 is 25.3 Å². The average Bonchev–Trinajstić information content (AvgIpc) is 2.58. The second-order valence-electron chi connectivity index (χ2n) is 5.76. The third-order valence-electron chi connectivity index (χ3n) is 4.03. The number of carboxylic acids is 3. The summed E-state index contributed by atoms with van der Waals surface area (Å²) in [6.07, 6.45) is -1.61. The van der Waals surface area contributed by atoms with Crippen LogP contribution in [0.2, 0.25) is 0 Å². The summed E-state index contributed by atoms with van der Waals surface area (Å²) in [6.45, 7) is 0.696. The molecule has 1 amide bonds. The van der Waals surface area contributed by atoms with Gasteiger partial charge in [-0.25, -0.2) is 4.79 Å². The maximum atomic E-state index is 11.5. The van der Waals surface area contributed by atoms with E-state index in [0.29, 0.717) is 0 Å². The molecule has 0 bridgehead atoms. The van der Waals surface area contributed by atoms with Gasteiger partial charge in [0.15, 0.2) is 0 Å². The van der Waals surface area contributed by atoms with Crippen molar-refractivity contribution in [1.29, 1.82) is 0 Å². The van der Waals surface area contributed by atoms with Gasteiger partial charge in [-0.2, -0.15) is 0 Å². The first-order chi connectivity index (χ1) is 11.7. The van der Waals surface area contributed by atoms with Gasteiger partial charge in [0.05, 0.1) is 6.54 Å². The van der Waals surface area contributed by atoms with Crippen molar-refractivity contribution < 1.29 is 39.6 Å². The van der Waals surface area contributed by atoms with Crippen LogP contribution < -0.4 is 0 Å². The summed E-state index contributed by atoms with van der Waals surface area (Å²) in [4.78, 5) is 48.6. The predicted molar refractivity (Wildman–Crippen MR) is 83.5 cm³/mol. The Bertz CT molecular complexity index is 512. The molecule has 1 aliphatic rings. The number of hydrogen-bond donors (Lipinski definition) is 4. The summed E-state index contributed by atoms with van der Waals surface area (Å²) in [7, 11) is 0. The molecule has 0 aliphatic carbocycles. The van der Waals surface area contributed by atoms with Gasteiger partial charge in [0, 0.05) is 45.7 Å². The Morgan fingerprint density at radius 1 is 0.800 bits per heavy atom. The van der Waals surface area contributed by atoms with Crippen molar-refractivity contribution in [2.45, 2.75) is 18.9 Å². The third kappa shape index (κ3) is 7.35. The van der Waals surface area contributed by atoms with Crippen molar-refractivity contribution in [3.63, 3.8) is 0 Å². The molecule has 1 saturated heterocycles. The smallest absolute Gasteiger partial charge is 0.407 e. The normalized spacial score (nSPS) is 18.6. The minimum absolute atomic E-state index is 0.0626. The largest absolute Gasteiger partial charge is 0.481 e. The molecule has 1 heterocycles. The van der Waals surface area contributed by atoms with Gasteiger partial charge in [0.1, 0.15) is 6.04 Å². The molecule has 0 aromatic heterocycles. The molecule has 0 aromatic carbocycles. The molecule has 1 fully saturated rings. The zero-order chi connectivity index (χ0) is 19.0. The van der Waals surface area contributed by atoms with Crippen molar-refractivity contribution >= 4 is 24.0 Å². The molecule has 0 saturated carbocycles. The quantitative estimate of drug-likeness (QED) is 0.442. The van der Waals surface area contributed by atoms with Crippen LogP contribution in [0, 0.1) is 0 Å². The van der Waals surface area contributed by atoms with Gasteiger partial charge in [0.25, 0.3) is 0 Å². The number of nitrogens with zero attached hydrogens (tertiary/aromatic N) is 3. The van der Waals surface area contributed by atoms with Crippen molar-refractivity contribution in [3.8, 4) is 0 Å². The molecule has 0 aromatic rings. The molecule has 11 nitrogen and oxygen atoms in total. The van der Waals surface area contributed by atoms with E-state index < -0.39 is 30.0 Å². The fraction of sp³-hybridized carbons (Fsp3) is 0.714. The zero-order valence-corrected chi connectivity index (χ0v) is 13.7. The van der Waals surface area contributed by atoms with Crippen LogP contribution in [0.25, 0.3) is 0 Å². The van der Waals surface area contributed by atoms with E-state index in [1.54, 1.807) is 0 Å². The van der Waals surface area contributed by atoms with Crippen molar-refractivity contribution in [2.75, 3.05) is 45.8 Å². The van der Waals surface area contributed by atoms with Gasteiger partial charge in [-0.3, -0.25) is 24.2 Å². The first kappa shape index (κ1) is 20.6. The molecule has 1 atom stereocenters. The van der Waals surface area contributed by atoms with Gasteiger partial charge in [-0.1, -0.05) is 0 Å². The highest BCUT2D eigenvalue weighted by Crippen LogP contribution is 2.11. The molecule has 4 N–H and O–H groups in total. The number of amides is 1. The molecular formula is C14H23N3O8. The molecule has 1 aliphatic heterocycles. The first-order valence-corrected chi connectivity index (χ1v) is 7.81.